The van der Waals surface area contributed by atoms with Crippen molar-refractivity contribution >= 4 is 26.0 Å². The summed E-state index contributed by atoms with van der Waals surface area (Å²) in [5, 5.41) is 4.81. The topological polar surface area (TPSA) is 69.4 Å². The second kappa shape index (κ2) is 5.60. The first-order chi connectivity index (χ1) is 7.38. The second-order valence-electron chi connectivity index (χ2n) is 3.14. The summed E-state index contributed by atoms with van der Waals surface area (Å²) in [6.07, 6.45) is 0.274. The van der Waals surface area contributed by atoms with Crippen LogP contribution in [-0.4, -0.2) is 20.8 Å². The summed E-state index contributed by atoms with van der Waals surface area (Å²) in [6, 6.07) is 4.33. The van der Waals surface area contributed by atoms with Gasteiger partial charge in [-0.25, -0.2) is 17.9 Å². The number of ether oxygens (including phenoxy) is 1. The zero-order chi connectivity index (χ0) is 12.2. The maximum atomic E-state index is 13.0. The van der Waals surface area contributed by atoms with E-state index in [9.17, 15) is 12.8 Å². The van der Waals surface area contributed by atoms with Gasteiger partial charge in [-0.2, -0.15) is 0 Å². The minimum Gasteiger partial charge on any atom is -0.493 e. The quantitative estimate of drug-likeness (QED) is 0.841. The molecule has 0 saturated carbocycles. The number of halogens is 2. The molecule has 0 fully saturated rings. The Morgan fingerprint density at radius 1 is 1.44 bits per heavy atom. The van der Waals surface area contributed by atoms with Crippen LogP contribution in [0.5, 0.6) is 5.75 Å². The molecule has 0 saturated heterocycles. The highest BCUT2D eigenvalue weighted by molar-refractivity contribution is 9.10. The molecule has 0 aliphatic rings. The molecule has 0 aliphatic carbocycles. The molecule has 1 aromatic rings. The Morgan fingerprint density at radius 3 is 2.69 bits per heavy atom. The number of rotatable bonds is 5. The maximum absolute atomic E-state index is 13.0. The van der Waals surface area contributed by atoms with Crippen molar-refractivity contribution in [2.75, 3.05) is 12.4 Å². The van der Waals surface area contributed by atoms with Crippen LogP contribution in [0.1, 0.15) is 6.42 Å². The highest BCUT2D eigenvalue weighted by atomic mass is 79.9. The van der Waals surface area contributed by atoms with Crippen molar-refractivity contribution in [2.24, 2.45) is 5.14 Å². The third kappa shape index (κ3) is 4.91. The molecule has 0 amide bonds. The van der Waals surface area contributed by atoms with Crippen molar-refractivity contribution in [3.05, 3.63) is 28.5 Å². The smallest absolute Gasteiger partial charge is 0.209 e. The molecule has 0 unspecified atom stereocenters. The molecular weight excluding hydrogens is 301 g/mol. The van der Waals surface area contributed by atoms with Gasteiger partial charge in [-0.05, 0) is 34.5 Å². The minimum atomic E-state index is -3.46. The lowest BCUT2D eigenvalue weighted by Crippen LogP contribution is -2.18. The largest absolute Gasteiger partial charge is 0.493 e. The number of nitrogens with two attached hydrogens (primary N) is 1. The molecule has 0 aliphatic heterocycles. The fraction of sp³-hybridized carbons (Fsp3) is 0.333. The van der Waals surface area contributed by atoms with Crippen LogP contribution in [-0.2, 0) is 10.0 Å². The van der Waals surface area contributed by atoms with E-state index < -0.39 is 15.8 Å². The molecule has 1 rings (SSSR count). The van der Waals surface area contributed by atoms with Crippen molar-refractivity contribution < 1.29 is 17.5 Å². The van der Waals surface area contributed by atoms with Crippen LogP contribution in [0.25, 0.3) is 0 Å². The van der Waals surface area contributed by atoms with Crippen LogP contribution >= 0.6 is 15.9 Å². The van der Waals surface area contributed by atoms with Crippen molar-refractivity contribution in [1.82, 2.24) is 0 Å². The number of hydrogen-bond acceptors (Lipinski definition) is 3. The van der Waals surface area contributed by atoms with E-state index in [0.29, 0.717) is 10.2 Å². The van der Waals surface area contributed by atoms with E-state index in [1.165, 1.54) is 12.1 Å². The normalized spacial score (nSPS) is 11.4. The van der Waals surface area contributed by atoms with Crippen LogP contribution in [0.15, 0.2) is 22.7 Å². The third-order valence-electron chi connectivity index (χ3n) is 1.73. The van der Waals surface area contributed by atoms with Crippen LogP contribution < -0.4 is 9.88 Å². The molecule has 2 N–H and O–H groups in total. The first kappa shape index (κ1) is 13.4. The lowest BCUT2D eigenvalue weighted by atomic mass is 10.3. The summed E-state index contributed by atoms with van der Waals surface area (Å²) in [4.78, 5) is 0. The molecule has 7 heteroatoms. The Hall–Kier alpha value is -0.660. The molecule has 0 atom stereocenters. The van der Waals surface area contributed by atoms with Gasteiger partial charge in [0.25, 0.3) is 0 Å². The lowest BCUT2D eigenvalue weighted by molar-refractivity contribution is 0.316. The Balaban J connectivity index is 2.41. The van der Waals surface area contributed by atoms with Crippen molar-refractivity contribution in [3.63, 3.8) is 0 Å². The molecule has 0 spiro atoms. The molecule has 16 heavy (non-hydrogen) atoms. The van der Waals surface area contributed by atoms with Gasteiger partial charge in [0.05, 0.1) is 16.8 Å². The van der Waals surface area contributed by atoms with Gasteiger partial charge in [0.1, 0.15) is 11.6 Å². The first-order valence-corrected chi connectivity index (χ1v) is 6.97. The summed E-state index contributed by atoms with van der Waals surface area (Å²) < 4.78 is 39.7. The summed E-state index contributed by atoms with van der Waals surface area (Å²) >= 11 is 3.01. The highest BCUT2D eigenvalue weighted by Gasteiger charge is 2.04. The Bertz CT molecular complexity index is 464. The molecule has 4 nitrogen and oxygen atoms in total. The van der Waals surface area contributed by atoms with Gasteiger partial charge < -0.3 is 4.74 Å². The van der Waals surface area contributed by atoms with E-state index in [4.69, 9.17) is 9.88 Å². The van der Waals surface area contributed by atoms with Gasteiger partial charge in [-0.1, -0.05) is 0 Å². The maximum Gasteiger partial charge on any atom is 0.209 e. The average Bonchev–Trinajstić information content (AvgIpc) is 2.17. The van der Waals surface area contributed by atoms with Gasteiger partial charge in [0.15, 0.2) is 0 Å². The Morgan fingerprint density at radius 2 is 2.12 bits per heavy atom. The van der Waals surface area contributed by atoms with Crippen molar-refractivity contribution in [2.45, 2.75) is 6.42 Å². The summed E-state index contributed by atoms with van der Waals surface area (Å²) in [5.41, 5.74) is 0. The fourth-order valence-electron chi connectivity index (χ4n) is 1.02. The van der Waals surface area contributed by atoms with Crippen LogP contribution in [0.2, 0.25) is 0 Å². The summed E-state index contributed by atoms with van der Waals surface area (Å²) in [6.45, 7) is 0.178. The van der Waals surface area contributed by atoms with Crippen molar-refractivity contribution in [3.8, 4) is 5.75 Å². The zero-order valence-corrected chi connectivity index (χ0v) is 10.7. The summed E-state index contributed by atoms with van der Waals surface area (Å²) in [7, 11) is -3.46. The third-order valence-corrected chi connectivity index (χ3v) is 3.23. The minimum absolute atomic E-state index is 0.147. The predicted molar refractivity (Wildman–Crippen MR) is 62.2 cm³/mol. The number of primary sulfonamides is 1. The monoisotopic (exact) mass is 311 g/mol. The van der Waals surface area contributed by atoms with E-state index in [0.717, 1.165) is 0 Å². The van der Waals surface area contributed by atoms with Crippen molar-refractivity contribution in [1.29, 1.82) is 0 Å². The Labute approximate surface area is 102 Å². The van der Waals surface area contributed by atoms with Gasteiger partial charge in [0.2, 0.25) is 10.0 Å². The first-order valence-electron chi connectivity index (χ1n) is 4.47. The summed E-state index contributed by atoms with van der Waals surface area (Å²) in [5.74, 6) is -0.217. The van der Waals surface area contributed by atoms with Gasteiger partial charge in [0, 0.05) is 6.07 Å². The predicted octanol–water partition coefficient (Wildman–Crippen LogP) is 1.65. The van der Waals surface area contributed by atoms with E-state index in [2.05, 4.69) is 15.9 Å². The highest BCUT2D eigenvalue weighted by Crippen LogP contribution is 2.20. The number of sulfonamides is 1. The van der Waals surface area contributed by atoms with Gasteiger partial charge >= 0.3 is 0 Å². The number of hydrogen-bond donors (Lipinski definition) is 1. The van der Waals surface area contributed by atoms with Crippen LogP contribution in [0.3, 0.4) is 0 Å². The van der Waals surface area contributed by atoms with Gasteiger partial charge in [-0.3, -0.25) is 0 Å². The SMILES string of the molecule is NS(=O)(=O)CCCOc1ccc(Br)c(F)c1. The lowest BCUT2D eigenvalue weighted by Gasteiger charge is -2.05. The van der Waals surface area contributed by atoms with Gasteiger partial charge in [-0.15, -0.1) is 0 Å². The fourth-order valence-corrected chi connectivity index (χ4v) is 1.78. The zero-order valence-electron chi connectivity index (χ0n) is 8.32. The van der Waals surface area contributed by atoms with Crippen LogP contribution in [0, 0.1) is 5.82 Å². The van der Waals surface area contributed by atoms with E-state index in [-0.39, 0.29) is 18.8 Å². The standard InChI is InChI=1S/C9H11BrFNO3S/c10-8-3-2-7(6-9(8)11)15-4-1-5-16(12,13)14/h2-3,6H,1,4-5H2,(H2,12,13,14). The molecule has 0 bridgehead atoms. The van der Waals surface area contributed by atoms with E-state index in [1.807, 2.05) is 0 Å². The molecule has 1 aromatic carbocycles. The number of benzene rings is 1. The van der Waals surface area contributed by atoms with Crippen LogP contribution in [0.4, 0.5) is 4.39 Å². The molecule has 0 radical (unpaired) electrons. The molecular formula is C9H11BrFNO3S. The Kier molecular flexibility index (Phi) is 4.69. The second-order valence-corrected chi connectivity index (χ2v) is 5.73. The molecule has 90 valence electrons. The van der Waals surface area contributed by atoms with E-state index >= 15 is 0 Å². The van der Waals surface area contributed by atoms with E-state index in [1.54, 1.807) is 6.07 Å². The average molecular weight is 312 g/mol. The molecule has 0 heterocycles. The molecule has 0 aromatic heterocycles.